The van der Waals surface area contributed by atoms with Gasteiger partial charge in [0.1, 0.15) is 47.2 Å². The van der Waals surface area contributed by atoms with Crippen molar-refractivity contribution in [3.63, 3.8) is 0 Å². The number of halogens is 2. The number of allylic oxidation sites excluding steroid dienone is 3. The average Bonchev–Trinajstić information content (AvgIpc) is 1.62. The number of rotatable bonds is 23. The van der Waals surface area contributed by atoms with Crippen LogP contribution in [0.3, 0.4) is 0 Å². The molecule has 5 N–H and O–H groups in total. The van der Waals surface area contributed by atoms with Crippen LogP contribution in [0, 0.1) is 30.5 Å². The molecule has 2 aromatic carbocycles. The normalized spacial score (nSPS) is 25.1. The van der Waals surface area contributed by atoms with Crippen LogP contribution in [0.2, 0.25) is 5.02 Å². The van der Waals surface area contributed by atoms with Gasteiger partial charge in [0.25, 0.3) is 17.7 Å². The summed E-state index contributed by atoms with van der Waals surface area (Å²) < 4.78 is 40.2. The average molecular weight is 1250 g/mol. The van der Waals surface area contributed by atoms with Gasteiger partial charge >= 0.3 is 23.9 Å². The summed E-state index contributed by atoms with van der Waals surface area (Å²) in [6.07, 6.45) is 0.719. The van der Waals surface area contributed by atoms with Gasteiger partial charge in [0.05, 0.1) is 41.3 Å². The lowest BCUT2D eigenvalue weighted by atomic mass is 9.78. The number of methoxy groups -OCH3 is 1. The van der Waals surface area contributed by atoms with Crippen molar-refractivity contribution in [2.75, 3.05) is 32.6 Å². The van der Waals surface area contributed by atoms with Crippen LogP contribution in [0.25, 0.3) is 0 Å². The van der Waals surface area contributed by atoms with Crippen molar-refractivity contribution in [2.24, 2.45) is 23.5 Å². The van der Waals surface area contributed by atoms with Crippen molar-refractivity contribution < 1.29 is 86.0 Å². The van der Waals surface area contributed by atoms with E-state index in [1.54, 1.807) is 45.9 Å². The van der Waals surface area contributed by atoms with E-state index in [1.807, 2.05) is 26.0 Å². The lowest BCUT2D eigenvalue weighted by Crippen LogP contribution is -2.53. The Morgan fingerprint density at radius 3 is 2.31 bits per heavy atom. The Hall–Kier alpha value is -7.41. The number of hydrogen-bond donors (Lipinski definition) is 4. The maximum atomic E-state index is 16.2. The highest BCUT2D eigenvalue weighted by atomic mass is 35.5. The molecule has 4 aliphatic rings. The van der Waals surface area contributed by atoms with Crippen molar-refractivity contribution in [2.45, 2.75) is 186 Å². The highest BCUT2D eigenvalue weighted by molar-refractivity contribution is 6.34. The molecule has 2 aromatic rings. The van der Waals surface area contributed by atoms with Crippen molar-refractivity contribution in [3.05, 3.63) is 87.2 Å². The first-order valence-corrected chi connectivity index (χ1v) is 30.0. The number of nitrogens with one attached hydrogen (secondary N) is 2. The molecule has 4 bridgehead atoms. The number of primary amides is 1. The number of Topliss-reactive ketones (excluding diaryl/α,β-unsaturated/α-hetero) is 2. The fourth-order valence-electron chi connectivity index (χ4n) is 11.3. The summed E-state index contributed by atoms with van der Waals surface area (Å²) in [5.41, 5.74) is 4.67. The zero-order valence-electron chi connectivity index (χ0n) is 51.6. The quantitative estimate of drug-likeness (QED) is 0.0431. The molecule has 0 radical (unpaired) electrons. The smallest absolute Gasteiger partial charge is 0.333 e. The fraction of sp³-hybridized carbons (Fsp3) is 0.571. The van der Waals surface area contributed by atoms with Gasteiger partial charge in [0.15, 0.2) is 5.78 Å². The molecule has 7 amide bonds. The number of aliphatic hydroxyl groups is 1. The topological polar surface area (TPSA) is 317 Å². The predicted molar refractivity (Wildman–Crippen MR) is 317 cm³/mol. The molecule has 4 heterocycles. The van der Waals surface area contributed by atoms with Crippen molar-refractivity contribution in [3.8, 4) is 0 Å². The van der Waals surface area contributed by atoms with Gasteiger partial charge in [-0.15, -0.1) is 5.06 Å². The lowest BCUT2D eigenvalue weighted by molar-refractivity contribution is -0.197. The Bertz CT molecular complexity index is 3080. The summed E-state index contributed by atoms with van der Waals surface area (Å²) in [6, 6.07) is 3.78. The van der Waals surface area contributed by atoms with Gasteiger partial charge in [-0.2, -0.15) is 0 Å². The zero-order chi connectivity index (χ0) is 65.1. The number of carbonyl (C=O) groups is 11. The minimum Gasteiger partial charge on any atom is -0.462 e. The first-order valence-electron chi connectivity index (χ1n) is 29.6. The molecule has 25 heteroatoms. The molecule has 3 saturated heterocycles. The maximum absolute atomic E-state index is 16.2. The Kier molecular flexibility index (Phi) is 23.9. The van der Waals surface area contributed by atoms with E-state index >= 15 is 4.39 Å². The second kappa shape index (κ2) is 30.2. The van der Waals surface area contributed by atoms with Gasteiger partial charge in [-0.3, -0.25) is 38.4 Å². The highest BCUT2D eigenvalue weighted by Crippen LogP contribution is 2.50. The van der Waals surface area contributed by atoms with Crippen molar-refractivity contribution in [1.29, 1.82) is 0 Å². The van der Waals surface area contributed by atoms with Crippen molar-refractivity contribution in [1.82, 2.24) is 20.6 Å². The van der Waals surface area contributed by atoms with Crippen LogP contribution in [0.5, 0.6) is 0 Å². The third-order valence-corrected chi connectivity index (χ3v) is 17.4. The number of epoxide rings is 1. The van der Waals surface area contributed by atoms with E-state index in [0.717, 1.165) is 28.2 Å². The minimum absolute atomic E-state index is 0.000978. The van der Waals surface area contributed by atoms with E-state index in [1.165, 1.54) is 39.1 Å². The van der Waals surface area contributed by atoms with Gasteiger partial charge < -0.3 is 55.1 Å². The number of nitrogens with zero attached hydrogens (tertiary/aromatic N) is 3. The molecular formula is C63H82ClFN6O17. The number of ether oxygens (including phenoxy) is 4. The molecule has 0 aromatic heterocycles. The van der Waals surface area contributed by atoms with Crippen LogP contribution in [0.4, 0.5) is 14.9 Å². The summed E-state index contributed by atoms with van der Waals surface area (Å²) in [7, 11) is 4.23. The van der Waals surface area contributed by atoms with Crippen LogP contribution in [0.1, 0.15) is 146 Å². The van der Waals surface area contributed by atoms with Crippen LogP contribution >= 0.6 is 11.6 Å². The van der Waals surface area contributed by atoms with Gasteiger partial charge in [0, 0.05) is 84.5 Å². The second-order valence-corrected chi connectivity index (χ2v) is 24.4. The molecule has 6 rings (SSSR count). The SMILES string of the molecule is CO[C@@H]1/C=C/C=C(\C)Cc2cc(C)c(Cl)c(c2)N(C)C(=O)C[C@H](OC(=O)[C@H](C)N(C)C(=O)c2ccc(CC(=O)[C@H](CCCNC(N)=O)NC(=O)[C@@H](CC(=O)CCCCC(=O)ON3C(=O)CCC3=O)C(C)C)cc2F)[C@]2(C)O[C@H]2[C@H](C)[C@@H]2C[C@@]1(O)CC(=O)O2. The molecule has 10 atom stereocenters. The number of unbranched alkanes of at least 4 members (excludes halogenated alkanes) is 1. The lowest BCUT2D eigenvalue weighted by Gasteiger charge is -2.41. The Balaban J connectivity index is 1.14. The summed E-state index contributed by atoms with van der Waals surface area (Å²) in [6.45, 7) is 12.0. The van der Waals surface area contributed by atoms with E-state index < -0.39 is 143 Å². The maximum Gasteiger partial charge on any atom is 0.333 e. The molecule has 4 aliphatic heterocycles. The molecular weight excluding hydrogens is 1170 g/mol. The first kappa shape index (κ1) is 69.7. The van der Waals surface area contributed by atoms with Gasteiger partial charge in [0.2, 0.25) is 11.8 Å². The highest BCUT2D eigenvalue weighted by Gasteiger charge is 2.64. The molecule has 0 spiro atoms. The molecule has 480 valence electrons. The molecule has 23 nitrogen and oxygen atoms in total. The number of hydrogen-bond acceptors (Lipinski definition) is 17. The van der Waals surface area contributed by atoms with E-state index in [2.05, 4.69) is 10.6 Å². The number of likely N-dealkylation sites (N-methyl/N-ethyl adjacent to an activating group) is 1. The Morgan fingerprint density at radius 1 is 0.977 bits per heavy atom. The number of aryl methyl sites for hydroxylation is 1. The third kappa shape index (κ3) is 17.7. The number of nitrogens with two attached hydrogens (primary N) is 1. The number of ketones is 2. The largest absolute Gasteiger partial charge is 0.462 e. The molecule has 0 saturated carbocycles. The van der Waals surface area contributed by atoms with E-state index in [0.29, 0.717) is 27.8 Å². The molecule has 0 aliphatic carbocycles. The summed E-state index contributed by atoms with van der Waals surface area (Å²) in [5, 5.41) is 17.9. The summed E-state index contributed by atoms with van der Waals surface area (Å²) in [5.74, 6) is -9.54. The van der Waals surface area contributed by atoms with E-state index in [4.69, 9.17) is 41.1 Å². The summed E-state index contributed by atoms with van der Waals surface area (Å²) in [4.78, 5) is 151. The monoisotopic (exact) mass is 1250 g/mol. The molecule has 0 unspecified atom stereocenters. The van der Waals surface area contributed by atoms with Crippen LogP contribution in [0.15, 0.2) is 54.1 Å². The Morgan fingerprint density at radius 2 is 1.66 bits per heavy atom. The standard InChI is InChI=1S/C63H82ClFN6O17/c1-34(2)43(30-41(72)16-11-12-19-54(77)88-71-51(74)22-23-52(71)75)58(79)68-45(17-14-24-67-61(66)82)47(73)29-39-20-21-42(44(65)27-39)59(80)69(8)38(6)60(81)86-50-31-53(76)70(9)46-28-40(26-36(4)56(46)64)25-35(3)15-13-18-49(84-10)63(83)32-48(85-55(78)33-63)37(5)57-62(50,7)87-57/h13,15,18,20-21,26-28,34,37-38,43,45,48-50,57,83H,11-12,14,16-17,19,22-25,29-33H2,1-10H3,(H,68,79)(H3,66,67,82)/b18-13+,35-15+/t37-,38+,43+,45+,48+,49-,50+,57+,62+,63-/m1/s1. The molecule has 88 heavy (non-hydrogen) atoms. The number of esters is 2. The number of carbonyl (C=O) groups excluding carboxylic acids is 11. The van der Waals surface area contributed by atoms with Crippen LogP contribution in [-0.4, -0.2) is 156 Å². The van der Waals surface area contributed by atoms with Gasteiger partial charge in [-0.1, -0.05) is 68.3 Å². The third-order valence-electron chi connectivity index (χ3n) is 16.9. The number of benzene rings is 2. The molecule has 3 fully saturated rings. The fourth-order valence-corrected chi connectivity index (χ4v) is 11.5. The Labute approximate surface area is 516 Å². The van der Waals surface area contributed by atoms with Crippen LogP contribution in [-0.2, 0) is 79.8 Å². The van der Waals surface area contributed by atoms with E-state index in [9.17, 15) is 57.8 Å². The van der Waals surface area contributed by atoms with Crippen LogP contribution < -0.4 is 21.3 Å². The summed E-state index contributed by atoms with van der Waals surface area (Å²) >= 11 is 6.85. The number of hydroxylamine groups is 2. The number of amides is 7. The van der Waals surface area contributed by atoms with Gasteiger partial charge in [-0.05, 0) is 101 Å². The zero-order valence-corrected chi connectivity index (χ0v) is 52.3. The number of fused-ring (bicyclic) bond motifs is 5. The number of imide groups is 1. The van der Waals surface area contributed by atoms with Crippen molar-refractivity contribution >= 4 is 82.3 Å². The van der Waals surface area contributed by atoms with Gasteiger partial charge in [-0.25, -0.2) is 18.8 Å². The number of urea groups is 1. The minimum atomic E-state index is -1.68. The second-order valence-electron chi connectivity index (χ2n) is 24.0. The van der Waals surface area contributed by atoms with E-state index in [-0.39, 0.29) is 94.4 Å². The number of anilines is 1. The predicted octanol–water partition coefficient (Wildman–Crippen LogP) is 5.96. The first-order chi connectivity index (χ1) is 41.4.